The number of rotatable bonds is 11. The molecule has 0 aromatic heterocycles. The van der Waals surface area contributed by atoms with E-state index in [1.807, 2.05) is 87.5 Å². The number of ether oxygens (including phenoxy) is 3. The Morgan fingerprint density at radius 1 is 0.838 bits per heavy atom. The van der Waals surface area contributed by atoms with Crippen molar-refractivity contribution in [2.24, 2.45) is 0 Å². The molecule has 37 heavy (non-hydrogen) atoms. The van der Waals surface area contributed by atoms with Crippen molar-refractivity contribution in [3.05, 3.63) is 90.0 Å². The largest absolute Gasteiger partial charge is 0.497 e. The number of carbonyl (C=O) groups excluding carboxylic acids is 2. The zero-order valence-electron chi connectivity index (χ0n) is 22.2. The molecule has 0 radical (unpaired) electrons. The van der Waals surface area contributed by atoms with Gasteiger partial charge in [-0.1, -0.05) is 54.6 Å². The first kappa shape index (κ1) is 27.6. The van der Waals surface area contributed by atoms with Crippen LogP contribution < -0.4 is 19.5 Å². The summed E-state index contributed by atoms with van der Waals surface area (Å²) in [6.07, 6.45) is 0.354. The molecule has 196 valence electrons. The van der Waals surface area contributed by atoms with Crippen molar-refractivity contribution in [1.29, 1.82) is 0 Å². The molecule has 0 bridgehead atoms. The lowest BCUT2D eigenvalue weighted by molar-refractivity contribution is -0.143. The lowest BCUT2D eigenvalue weighted by atomic mass is 10.0. The van der Waals surface area contributed by atoms with E-state index >= 15 is 0 Å². The summed E-state index contributed by atoms with van der Waals surface area (Å²) in [5.41, 5.74) is 1.32. The van der Waals surface area contributed by atoms with Crippen molar-refractivity contribution < 1.29 is 23.8 Å². The van der Waals surface area contributed by atoms with Crippen LogP contribution in [0.15, 0.2) is 78.9 Å². The molecule has 0 spiro atoms. The summed E-state index contributed by atoms with van der Waals surface area (Å²) in [7, 11) is 3.14. The maximum atomic E-state index is 13.7. The fourth-order valence-electron chi connectivity index (χ4n) is 3.93. The van der Waals surface area contributed by atoms with Crippen LogP contribution in [0.3, 0.4) is 0 Å². The molecule has 0 fully saturated rings. The minimum Gasteiger partial charge on any atom is -0.497 e. The summed E-state index contributed by atoms with van der Waals surface area (Å²) in [5.74, 6) is 1.11. The molecule has 7 heteroatoms. The first-order chi connectivity index (χ1) is 17.7. The Hall–Kier alpha value is -4.00. The molecule has 7 nitrogen and oxygen atoms in total. The smallest absolute Gasteiger partial charge is 0.261 e. The van der Waals surface area contributed by atoms with Crippen LogP contribution in [-0.2, 0) is 22.6 Å². The van der Waals surface area contributed by atoms with Crippen molar-refractivity contribution >= 4 is 11.8 Å². The fourth-order valence-corrected chi connectivity index (χ4v) is 3.93. The van der Waals surface area contributed by atoms with Crippen LogP contribution in [0.1, 0.15) is 31.9 Å². The normalized spacial score (nSPS) is 11.8. The molecule has 0 aliphatic heterocycles. The van der Waals surface area contributed by atoms with Gasteiger partial charge in [-0.05, 0) is 56.2 Å². The number of amides is 2. The molecule has 3 rings (SSSR count). The number of hydrogen-bond acceptors (Lipinski definition) is 5. The van der Waals surface area contributed by atoms with Gasteiger partial charge in [-0.15, -0.1) is 0 Å². The van der Waals surface area contributed by atoms with Crippen LogP contribution in [-0.4, -0.2) is 49.1 Å². The lowest BCUT2D eigenvalue weighted by Gasteiger charge is -2.33. The molecule has 2 amide bonds. The topological polar surface area (TPSA) is 77.1 Å². The third-order valence-electron chi connectivity index (χ3n) is 5.68. The Balaban J connectivity index is 1.96. The molecule has 0 saturated heterocycles. The molecule has 3 aromatic rings. The average molecular weight is 505 g/mol. The van der Waals surface area contributed by atoms with Crippen molar-refractivity contribution in [2.45, 2.75) is 45.3 Å². The van der Waals surface area contributed by atoms with Crippen LogP contribution >= 0.6 is 0 Å². The number of para-hydroxylation sites is 2. The monoisotopic (exact) mass is 504 g/mol. The summed E-state index contributed by atoms with van der Waals surface area (Å²) in [5, 5.41) is 3.06. The van der Waals surface area contributed by atoms with Crippen molar-refractivity contribution in [3.63, 3.8) is 0 Å². The number of benzene rings is 3. The van der Waals surface area contributed by atoms with E-state index in [1.165, 1.54) is 0 Å². The summed E-state index contributed by atoms with van der Waals surface area (Å²) >= 11 is 0. The number of nitrogens with one attached hydrogen (secondary N) is 1. The van der Waals surface area contributed by atoms with Gasteiger partial charge in [0.05, 0.1) is 14.2 Å². The summed E-state index contributed by atoms with van der Waals surface area (Å²) < 4.78 is 16.6. The first-order valence-corrected chi connectivity index (χ1v) is 12.2. The van der Waals surface area contributed by atoms with E-state index in [-0.39, 0.29) is 25.0 Å². The maximum absolute atomic E-state index is 13.7. The van der Waals surface area contributed by atoms with Gasteiger partial charge in [-0.3, -0.25) is 9.59 Å². The predicted molar refractivity (Wildman–Crippen MR) is 144 cm³/mol. The Morgan fingerprint density at radius 2 is 1.49 bits per heavy atom. The molecule has 0 heterocycles. The van der Waals surface area contributed by atoms with Crippen LogP contribution in [0.5, 0.6) is 17.2 Å². The van der Waals surface area contributed by atoms with E-state index < -0.39 is 11.6 Å². The maximum Gasteiger partial charge on any atom is 0.261 e. The van der Waals surface area contributed by atoms with Crippen molar-refractivity contribution in [2.75, 3.05) is 20.8 Å². The number of nitrogens with zero attached hydrogens (tertiary/aromatic N) is 1. The van der Waals surface area contributed by atoms with Crippen LogP contribution in [0, 0.1) is 0 Å². The van der Waals surface area contributed by atoms with Crippen LogP contribution in [0.2, 0.25) is 0 Å². The highest BCUT2D eigenvalue weighted by Gasteiger charge is 2.32. The van der Waals surface area contributed by atoms with E-state index in [9.17, 15) is 9.59 Å². The van der Waals surface area contributed by atoms with Gasteiger partial charge >= 0.3 is 0 Å². The van der Waals surface area contributed by atoms with Gasteiger partial charge in [-0.25, -0.2) is 0 Å². The fraction of sp³-hybridized carbons (Fsp3) is 0.333. The lowest BCUT2D eigenvalue weighted by Crippen LogP contribution is -2.55. The van der Waals surface area contributed by atoms with E-state index in [2.05, 4.69) is 5.32 Å². The van der Waals surface area contributed by atoms with E-state index in [0.29, 0.717) is 23.7 Å². The van der Waals surface area contributed by atoms with Crippen LogP contribution in [0.4, 0.5) is 0 Å². The molecular formula is C30H36N2O5. The summed E-state index contributed by atoms with van der Waals surface area (Å²) in [6, 6.07) is 23.5. The average Bonchev–Trinajstić information content (AvgIpc) is 2.89. The van der Waals surface area contributed by atoms with Crippen molar-refractivity contribution in [3.8, 4) is 17.2 Å². The first-order valence-electron chi connectivity index (χ1n) is 12.2. The molecular weight excluding hydrogens is 468 g/mol. The third kappa shape index (κ3) is 8.27. The van der Waals surface area contributed by atoms with Gasteiger partial charge in [0.15, 0.2) is 18.1 Å². The minimum absolute atomic E-state index is 0.209. The van der Waals surface area contributed by atoms with Gasteiger partial charge < -0.3 is 24.4 Å². The Kier molecular flexibility index (Phi) is 9.55. The quantitative estimate of drug-likeness (QED) is 0.412. The van der Waals surface area contributed by atoms with Gasteiger partial charge in [-0.2, -0.15) is 0 Å². The molecule has 3 aromatic carbocycles. The minimum atomic E-state index is -0.762. The van der Waals surface area contributed by atoms with Gasteiger partial charge in [0.2, 0.25) is 5.91 Å². The molecule has 1 N–H and O–H groups in total. The summed E-state index contributed by atoms with van der Waals surface area (Å²) in [6.45, 7) is 5.72. The summed E-state index contributed by atoms with van der Waals surface area (Å²) in [4.78, 5) is 28.9. The molecule has 0 aliphatic carbocycles. The molecule has 0 unspecified atom stereocenters. The SMILES string of the molecule is COc1cccc(CN(C(=O)COc2ccccc2OC)[C@@H](Cc2ccccc2)C(=O)NC(C)(C)C)c1. The number of methoxy groups -OCH3 is 2. The zero-order chi connectivity index (χ0) is 26.8. The third-order valence-corrected chi connectivity index (χ3v) is 5.68. The Morgan fingerprint density at radius 3 is 2.14 bits per heavy atom. The highest BCUT2D eigenvalue weighted by atomic mass is 16.5. The van der Waals surface area contributed by atoms with Gasteiger partial charge in [0.1, 0.15) is 11.8 Å². The Bertz CT molecular complexity index is 1170. The molecule has 0 saturated carbocycles. The van der Waals surface area contributed by atoms with Crippen molar-refractivity contribution in [1.82, 2.24) is 10.2 Å². The van der Waals surface area contributed by atoms with E-state index in [0.717, 1.165) is 11.1 Å². The van der Waals surface area contributed by atoms with Gasteiger partial charge in [0, 0.05) is 18.5 Å². The molecule has 1 atom stereocenters. The zero-order valence-corrected chi connectivity index (χ0v) is 22.2. The van der Waals surface area contributed by atoms with E-state index in [4.69, 9.17) is 14.2 Å². The second-order valence-corrected chi connectivity index (χ2v) is 9.76. The second kappa shape index (κ2) is 12.8. The highest BCUT2D eigenvalue weighted by molar-refractivity contribution is 5.89. The highest BCUT2D eigenvalue weighted by Crippen LogP contribution is 2.26. The van der Waals surface area contributed by atoms with Gasteiger partial charge in [0.25, 0.3) is 5.91 Å². The molecule has 0 aliphatic rings. The standard InChI is InChI=1S/C30H36N2O5/c1-30(2,3)31-29(34)25(19-22-12-7-6-8-13-22)32(20-23-14-11-15-24(18-23)35-4)28(33)21-37-27-17-10-9-16-26(27)36-5/h6-18,25H,19-21H2,1-5H3,(H,31,34)/t25-/m0/s1. The van der Waals surface area contributed by atoms with E-state index in [1.54, 1.807) is 31.3 Å². The second-order valence-electron chi connectivity index (χ2n) is 9.76. The predicted octanol–water partition coefficient (Wildman–Crippen LogP) is 4.64. The van der Waals surface area contributed by atoms with Crippen LogP contribution in [0.25, 0.3) is 0 Å². The Labute approximate surface area is 219 Å². The number of carbonyl (C=O) groups is 2. The number of hydrogen-bond donors (Lipinski definition) is 1.